The molecule has 0 spiro atoms. The predicted molar refractivity (Wildman–Crippen MR) is 110 cm³/mol. The molecule has 0 unspecified atom stereocenters. The number of hydrogen-bond donors (Lipinski definition) is 2. The van der Waals surface area contributed by atoms with Gasteiger partial charge in [-0.15, -0.1) is 0 Å². The molecule has 0 aliphatic carbocycles. The predicted octanol–water partition coefficient (Wildman–Crippen LogP) is 4.84. The van der Waals surface area contributed by atoms with Crippen molar-refractivity contribution in [1.82, 2.24) is 5.32 Å². The van der Waals surface area contributed by atoms with E-state index in [0.29, 0.717) is 11.3 Å². The van der Waals surface area contributed by atoms with Gasteiger partial charge in [-0.1, -0.05) is 17.7 Å². The third-order valence-electron chi connectivity index (χ3n) is 3.99. The molecule has 2 aromatic rings. The monoisotopic (exact) mass is 384 g/mol. The van der Waals surface area contributed by atoms with Gasteiger partial charge in [0.1, 0.15) is 11.4 Å². The molecule has 0 saturated carbocycles. The molecule has 1 atom stereocenters. The lowest BCUT2D eigenvalue weighted by Crippen LogP contribution is -2.27. The molecule has 0 saturated heterocycles. The molecule has 28 heavy (non-hydrogen) atoms. The number of carbonyl (C=O) groups excluding carboxylic acids is 2. The average Bonchev–Trinajstić information content (AvgIpc) is 2.60. The van der Waals surface area contributed by atoms with Crippen molar-refractivity contribution in [3.8, 4) is 5.75 Å². The van der Waals surface area contributed by atoms with E-state index in [0.717, 1.165) is 16.9 Å². The Balaban J connectivity index is 2.03. The quantitative estimate of drug-likeness (QED) is 0.773. The maximum atomic E-state index is 12.6. The van der Waals surface area contributed by atoms with Crippen LogP contribution in [0.25, 0.3) is 0 Å². The molecule has 0 aliphatic rings. The Labute approximate surface area is 166 Å². The molecule has 2 aromatic carbocycles. The van der Waals surface area contributed by atoms with Crippen LogP contribution in [0.5, 0.6) is 5.75 Å². The Bertz CT molecular complexity index is 839. The Kier molecular flexibility index (Phi) is 6.67. The normalized spacial score (nSPS) is 12.1. The molecule has 0 fully saturated rings. The van der Waals surface area contributed by atoms with E-state index < -0.39 is 11.7 Å². The van der Waals surface area contributed by atoms with E-state index in [-0.39, 0.29) is 11.9 Å². The Hall–Kier alpha value is -3.02. The van der Waals surface area contributed by atoms with Gasteiger partial charge in [-0.05, 0) is 65.0 Å². The molecule has 0 aliphatic heterocycles. The minimum atomic E-state index is -0.573. The van der Waals surface area contributed by atoms with Crippen LogP contribution in [0.15, 0.2) is 42.5 Å². The highest BCUT2D eigenvalue weighted by molar-refractivity contribution is 5.95. The van der Waals surface area contributed by atoms with Gasteiger partial charge in [0, 0.05) is 16.8 Å². The number of aryl methyl sites for hydroxylation is 1. The molecule has 0 aromatic heterocycles. The van der Waals surface area contributed by atoms with E-state index in [2.05, 4.69) is 10.6 Å². The topological polar surface area (TPSA) is 76.7 Å². The number of ether oxygens (including phenoxy) is 2. The lowest BCUT2D eigenvalue weighted by atomic mass is 10.0. The summed E-state index contributed by atoms with van der Waals surface area (Å²) in [6, 6.07) is 12.3. The lowest BCUT2D eigenvalue weighted by Gasteiger charge is -2.20. The zero-order valence-electron chi connectivity index (χ0n) is 17.3. The molecular weight excluding hydrogens is 356 g/mol. The van der Waals surface area contributed by atoms with Crippen molar-refractivity contribution < 1.29 is 19.1 Å². The second-order valence-corrected chi connectivity index (χ2v) is 7.64. The summed E-state index contributed by atoms with van der Waals surface area (Å²) in [4.78, 5) is 24.4. The summed E-state index contributed by atoms with van der Waals surface area (Å²) in [7, 11) is 1.61. The molecule has 0 radical (unpaired) electrons. The van der Waals surface area contributed by atoms with Crippen LogP contribution in [0.1, 0.15) is 55.2 Å². The third-order valence-corrected chi connectivity index (χ3v) is 3.99. The van der Waals surface area contributed by atoms with Crippen LogP contribution < -0.4 is 15.4 Å². The molecule has 2 rings (SSSR count). The van der Waals surface area contributed by atoms with Gasteiger partial charge >= 0.3 is 6.09 Å². The number of carbonyl (C=O) groups is 2. The summed E-state index contributed by atoms with van der Waals surface area (Å²) in [5, 5.41) is 5.62. The average molecular weight is 384 g/mol. The fraction of sp³-hybridized carbons (Fsp3) is 0.364. The number of nitrogens with one attached hydrogen (secondary N) is 2. The second kappa shape index (κ2) is 8.78. The highest BCUT2D eigenvalue weighted by atomic mass is 16.6. The molecule has 150 valence electrons. The van der Waals surface area contributed by atoms with E-state index >= 15 is 0 Å². The van der Waals surface area contributed by atoms with E-state index in [1.54, 1.807) is 52.1 Å². The Morgan fingerprint density at radius 2 is 1.68 bits per heavy atom. The number of methoxy groups -OCH3 is 1. The first kappa shape index (κ1) is 21.3. The Morgan fingerprint density at radius 3 is 2.25 bits per heavy atom. The van der Waals surface area contributed by atoms with Crippen molar-refractivity contribution in [2.45, 2.75) is 46.3 Å². The second-order valence-electron chi connectivity index (χ2n) is 7.64. The van der Waals surface area contributed by atoms with E-state index in [1.807, 2.05) is 32.0 Å². The number of anilines is 1. The van der Waals surface area contributed by atoms with Crippen molar-refractivity contribution in [2.24, 2.45) is 0 Å². The van der Waals surface area contributed by atoms with Gasteiger partial charge in [0.25, 0.3) is 5.91 Å². The number of benzene rings is 2. The highest BCUT2D eigenvalue weighted by Gasteiger charge is 2.17. The fourth-order valence-electron chi connectivity index (χ4n) is 2.68. The van der Waals surface area contributed by atoms with Crippen LogP contribution in [-0.4, -0.2) is 24.7 Å². The summed E-state index contributed by atoms with van der Waals surface area (Å²) in [6.07, 6.45) is -0.537. The zero-order valence-corrected chi connectivity index (χ0v) is 17.3. The maximum absolute atomic E-state index is 12.6. The smallest absolute Gasteiger partial charge is 0.412 e. The van der Waals surface area contributed by atoms with Crippen molar-refractivity contribution in [3.05, 3.63) is 59.2 Å². The molecule has 6 nitrogen and oxygen atoms in total. The first-order valence-electron chi connectivity index (χ1n) is 9.14. The standard InChI is InChI=1S/C22H28N2O4/c1-14-7-12-19(27-6)18(13-14)15(2)23-20(25)16-8-10-17(11-9-16)24-21(26)28-22(3,4)5/h7-13,15H,1-6H3,(H,23,25)(H,24,26)/t15-/m0/s1. The van der Waals surface area contributed by atoms with Gasteiger partial charge in [-0.3, -0.25) is 10.1 Å². The van der Waals surface area contributed by atoms with Crippen molar-refractivity contribution in [2.75, 3.05) is 12.4 Å². The molecule has 2 amide bonds. The van der Waals surface area contributed by atoms with Crippen LogP contribution in [0.2, 0.25) is 0 Å². The van der Waals surface area contributed by atoms with Crippen LogP contribution in [0, 0.1) is 6.92 Å². The van der Waals surface area contributed by atoms with Crippen molar-refractivity contribution in [1.29, 1.82) is 0 Å². The van der Waals surface area contributed by atoms with E-state index in [9.17, 15) is 9.59 Å². The Morgan fingerprint density at radius 1 is 1.04 bits per heavy atom. The highest BCUT2D eigenvalue weighted by Crippen LogP contribution is 2.26. The molecule has 0 bridgehead atoms. The number of rotatable bonds is 5. The van der Waals surface area contributed by atoms with Gasteiger partial charge in [0.2, 0.25) is 0 Å². The van der Waals surface area contributed by atoms with E-state index in [4.69, 9.17) is 9.47 Å². The van der Waals surface area contributed by atoms with Gasteiger partial charge in [-0.2, -0.15) is 0 Å². The van der Waals surface area contributed by atoms with Crippen LogP contribution in [0.3, 0.4) is 0 Å². The summed E-state index contributed by atoms with van der Waals surface area (Å²) in [6.45, 7) is 9.29. The first-order chi connectivity index (χ1) is 13.1. The molecule has 6 heteroatoms. The van der Waals surface area contributed by atoms with E-state index in [1.165, 1.54) is 0 Å². The van der Waals surface area contributed by atoms with Crippen LogP contribution >= 0.6 is 0 Å². The molecule has 2 N–H and O–H groups in total. The van der Waals surface area contributed by atoms with Crippen molar-refractivity contribution >= 4 is 17.7 Å². The summed E-state index contributed by atoms with van der Waals surface area (Å²) < 4.78 is 10.6. The largest absolute Gasteiger partial charge is 0.496 e. The number of hydrogen-bond acceptors (Lipinski definition) is 4. The van der Waals surface area contributed by atoms with Crippen LogP contribution in [0.4, 0.5) is 10.5 Å². The maximum Gasteiger partial charge on any atom is 0.412 e. The zero-order chi connectivity index (χ0) is 20.9. The molecular formula is C22H28N2O4. The van der Waals surface area contributed by atoms with Gasteiger partial charge in [-0.25, -0.2) is 4.79 Å². The summed E-state index contributed by atoms with van der Waals surface area (Å²) in [5.41, 5.74) is 2.48. The minimum absolute atomic E-state index is 0.208. The van der Waals surface area contributed by atoms with Crippen molar-refractivity contribution in [3.63, 3.8) is 0 Å². The SMILES string of the molecule is COc1ccc(C)cc1[C@H](C)NC(=O)c1ccc(NC(=O)OC(C)(C)C)cc1. The minimum Gasteiger partial charge on any atom is -0.496 e. The lowest BCUT2D eigenvalue weighted by molar-refractivity contribution is 0.0635. The van der Waals surface area contributed by atoms with Gasteiger partial charge < -0.3 is 14.8 Å². The van der Waals surface area contributed by atoms with Crippen LogP contribution in [-0.2, 0) is 4.74 Å². The van der Waals surface area contributed by atoms with Gasteiger partial charge in [0.15, 0.2) is 0 Å². The fourth-order valence-corrected chi connectivity index (χ4v) is 2.68. The summed E-state index contributed by atoms with van der Waals surface area (Å²) in [5.74, 6) is 0.523. The third kappa shape index (κ3) is 6.01. The molecule has 0 heterocycles. The van der Waals surface area contributed by atoms with Gasteiger partial charge in [0.05, 0.1) is 13.2 Å². The summed E-state index contributed by atoms with van der Waals surface area (Å²) >= 11 is 0. The number of amides is 2. The first-order valence-corrected chi connectivity index (χ1v) is 9.14.